The van der Waals surface area contributed by atoms with E-state index in [1.807, 2.05) is 9.80 Å². The SMILES string of the molecule is Cc1[nH]c(C(=O)NC2CCN(c3cc(C(=O)O)nc(N4CCN(C)CC4)n3)CC2)c(Cl)c1Cl. The van der Waals surface area contributed by atoms with Crippen molar-refractivity contribution >= 4 is 46.8 Å². The number of nitrogens with one attached hydrogen (secondary N) is 2. The number of carboxylic acid groups (broad SMARTS) is 1. The largest absolute Gasteiger partial charge is 0.477 e. The van der Waals surface area contributed by atoms with Crippen molar-refractivity contribution in [2.24, 2.45) is 0 Å². The summed E-state index contributed by atoms with van der Waals surface area (Å²) in [4.78, 5) is 42.5. The Hall–Kier alpha value is -2.56. The van der Waals surface area contributed by atoms with Gasteiger partial charge in [-0.1, -0.05) is 23.2 Å². The molecule has 2 aromatic heterocycles. The zero-order valence-corrected chi connectivity index (χ0v) is 20.1. The zero-order chi connectivity index (χ0) is 23.7. The van der Waals surface area contributed by atoms with Gasteiger partial charge in [-0.05, 0) is 26.8 Å². The van der Waals surface area contributed by atoms with Crippen LogP contribution in [-0.2, 0) is 0 Å². The summed E-state index contributed by atoms with van der Waals surface area (Å²) in [6.07, 6.45) is 1.38. The minimum atomic E-state index is -1.08. The second-order valence-electron chi connectivity index (χ2n) is 8.49. The van der Waals surface area contributed by atoms with Crippen molar-refractivity contribution in [1.29, 1.82) is 0 Å². The number of aryl methyl sites for hydroxylation is 1. The molecule has 0 aliphatic carbocycles. The molecule has 3 N–H and O–H groups in total. The summed E-state index contributed by atoms with van der Waals surface area (Å²) in [6.45, 7) is 6.25. The molecule has 4 heterocycles. The summed E-state index contributed by atoms with van der Waals surface area (Å²) < 4.78 is 0. The normalized spacial score (nSPS) is 17.9. The van der Waals surface area contributed by atoms with E-state index in [-0.39, 0.29) is 28.4 Å². The Kier molecular flexibility index (Phi) is 6.96. The molecule has 0 atom stereocenters. The molecular formula is C21H27Cl2N7O3. The van der Waals surface area contributed by atoms with E-state index in [4.69, 9.17) is 23.2 Å². The number of piperazine rings is 1. The number of aromatic nitrogens is 3. The zero-order valence-electron chi connectivity index (χ0n) is 18.6. The molecule has 4 rings (SSSR count). The second kappa shape index (κ2) is 9.74. The summed E-state index contributed by atoms with van der Waals surface area (Å²) in [5.41, 5.74) is 0.897. The van der Waals surface area contributed by atoms with Crippen LogP contribution < -0.4 is 15.1 Å². The summed E-state index contributed by atoms with van der Waals surface area (Å²) in [7, 11) is 2.06. The van der Waals surface area contributed by atoms with Gasteiger partial charge in [-0.25, -0.2) is 9.78 Å². The predicted octanol–water partition coefficient (Wildman–Crippen LogP) is 2.27. The maximum atomic E-state index is 12.6. The highest BCUT2D eigenvalue weighted by molar-refractivity contribution is 6.44. The van der Waals surface area contributed by atoms with Crippen LogP contribution in [0.4, 0.5) is 11.8 Å². The molecule has 33 heavy (non-hydrogen) atoms. The van der Waals surface area contributed by atoms with Crippen LogP contribution in [-0.4, -0.2) is 89.2 Å². The Balaban J connectivity index is 1.43. The number of piperidine rings is 1. The van der Waals surface area contributed by atoms with Crippen LogP contribution in [0.2, 0.25) is 10.0 Å². The molecule has 2 saturated heterocycles. The first-order valence-corrected chi connectivity index (χ1v) is 11.6. The predicted molar refractivity (Wildman–Crippen MR) is 127 cm³/mol. The number of carbonyl (C=O) groups excluding carboxylic acids is 1. The molecule has 178 valence electrons. The fourth-order valence-corrected chi connectivity index (χ4v) is 4.50. The van der Waals surface area contributed by atoms with E-state index < -0.39 is 5.97 Å². The number of aromatic amines is 1. The molecule has 0 radical (unpaired) electrons. The minimum absolute atomic E-state index is 0.0158. The molecule has 0 bridgehead atoms. The van der Waals surface area contributed by atoms with Gasteiger partial charge < -0.3 is 30.1 Å². The maximum Gasteiger partial charge on any atom is 0.354 e. The van der Waals surface area contributed by atoms with E-state index in [9.17, 15) is 14.7 Å². The van der Waals surface area contributed by atoms with Gasteiger partial charge in [-0.3, -0.25) is 4.79 Å². The van der Waals surface area contributed by atoms with Crippen LogP contribution in [0.1, 0.15) is 39.5 Å². The summed E-state index contributed by atoms with van der Waals surface area (Å²) >= 11 is 12.2. The lowest BCUT2D eigenvalue weighted by Gasteiger charge is -2.35. The number of aromatic carboxylic acids is 1. The summed E-state index contributed by atoms with van der Waals surface area (Å²) in [5.74, 6) is -0.327. The number of hydrogen-bond donors (Lipinski definition) is 3. The number of halogens is 2. The Labute approximate surface area is 201 Å². The van der Waals surface area contributed by atoms with Gasteiger partial charge in [-0.2, -0.15) is 4.98 Å². The Bertz CT molecular complexity index is 1040. The highest BCUT2D eigenvalue weighted by Gasteiger charge is 2.27. The topological polar surface area (TPSA) is 118 Å². The second-order valence-corrected chi connectivity index (χ2v) is 9.25. The van der Waals surface area contributed by atoms with Gasteiger partial charge in [0, 0.05) is 57.1 Å². The molecule has 2 aliphatic rings. The quantitative estimate of drug-likeness (QED) is 0.577. The number of carboxylic acids is 1. The number of anilines is 2. The number of likely N-dealkylation sites (N-methyl/N-ethyl adjacent to an activating group) is 1. The Morgan fingerprint density at radius 3 is 2.30 bits per heavy atom. The third-order valence-electron chi connectivity index (χ3n) is 6.14. The lowest BCUT2D eigenvalue weighted by molar-refractivity contribution is 0.0690. The molecule has 1 amide bonds. The first-order valence-electron chi connectivity index (χ1n) is 10.9. The number of hydrogen-bond acceptors (Lipinski definition) is 7. The summed E-state index contributed by atoms with van der Waals surface area (Å²) in [6, 6.07) is 1.48. The van der Waals surface area contributed by atoms with E-state index in [0.717, 1.165) is 26.2 Å². The van der Waals surface area contributed by atoms with Crippen LogP contribution >= 0.6 is 23.2 Å². The van der Waals surface area contributed by atoms with E-state index in [0.29, 0.717) is 48.4 Å². The molecule has 12 heteroatoms. The van der Waals surface area contributed by atoms with Crippen molar-refractivity contribution in [3.63, 3.8) is 0 Å². The van der Waals surface area contributed by atoms with Gasteiger partial charge in [0.15, 0.2) is 5.69 Å². The average Bonchev–Trinajstić information content (AvgIpc) is 3.07. The van der Waals surface area contributed by atoms with Gasteiger partial charge >= 0.3 is 5.97 Å². The highest BCUT2D eigenvalue weighted by atomic mass is 35.5. The van der Waals surface area contributed by atoms with Crippen molar-refractivity contribution in [2.75, 3.05) is 56.1 Å². The van der Waals surface area contributed by atoms with Crippen LogP contribution in [0.25, 0.3) is 0 Å². The van der Waals surface area contributed by atoms with Gasteiger partial charge in [0.1, 0.15) is 11.5 Å². The summed E-state index contributed by atoms with van der Waals surface area (Å²) in [5, 5.41) is 13.1. The molecule has 0 spiro atoms. The molecule has 0 aromatic carbocycles. The Morgan fingerprint density at radius 1 is 1.06 bits per heavy atom. The van der Waals surface area contributed by atoms with Gasteiger partial charge in [0.05, 0.1) is 10.0 Å². The first kappa shape index (κ1) is 23.6. The molecule has 2 aromatic rings. The van der Waals surface area contributed by atoms with Gasteiger partial charge in [0.2, 0.25) is 5.95 Å². The number of rotatable bonds is 5. The molecule has 0 unspecified atom stereocenters. The monoisotopic (exact) mass is 495 g/mol. The lowest BCUT2D eigenvalue weighted by Crippen LogP contribution is -2.46. The number of carbonyl (C=O) groups is 2. The van der Waals surface area contributed by atoms with Crippen LogP contribution in [0.3, 0.4) is 0 Å². The Morgan fingerprint density at radius 2 is 1.73 bits per heavy atom. The number of H-pyrrole nitrogens is 1. The van der Waals surface area contributed by atoms with Gasteiger partial charge in [0.25, 0.3) is 5.91 Å². The highest BCUT2D eigenvalue weighted by Crippen LogP contribution is 2.29. The van der Waals surface area contributed by atoms with Crippen LogP contribution in [0, 0.1) is 6.92 Å². The third-order valence-corrected chi connectivity index (χ3v) is 7.09. The molecule has 0 saturated carbocycles. The fourth-order valence-electron chi connectivity index (χ4n) is 4.08. The fraction of sp³-hybridized carbons (Fsp3) is 0.524. The van der Waals surface area contributed by atoms with E-state index in [2.05, 4.69) is 32.2 Å². The molecule has 2 aliphatic heterocycles. The van der Waals surface area contributed by atoms with E-state index in [1.54, 1.807) is 6.92 Å². The number of amides is 1. The van der Waals surface area contributed by atoms with Gasteiger partial charge in [-0.15, -0.1) is 0 Å². The van der Waals surface area contributed by atoms with E-state index >= 15 is 0 Å². The maximum absolute atomic E-state index is 12.6. The van der Waals surface area contributed by atoms with Crippen molar-refractivity contribution in [3.8, 4) is 0 Å². The number of nitrogens with zero attached hydrogens (tertiary/aromatic N) is 5. The average molecular weight is 496 g/mol. The smallest absolute Gasteiger partial charge is 0.354 e. The third kappa shape index (κ3) is 5.18. The van der Waals surface area contributed by atoms with Crippen LogP contribution in [0.5, 0.6) is 0 Å². The van der Waals surface area contributed by atoms with Crippen molar-refractivity contribution < 1.29 is 14.7 Å². The minimum Gasteiger partial charge on any atom is -0.477 e. The van der Waals surface area contributed by atoms with Crippen molar-refractivity contribution in [1.82, 2.24) is 25.2 Å². The van der Waals surface area contributed by atoms with E-state index in [1.165, 1.54) is 6.07 Å². The van der Waals surface area contributed by atoms with Crippen LogP contribution in [0.15, 0.2) is 6.07 Å². The molecular weight excluding hydrogens is 469 g/mol. The molecule has 2 fully saturated rings. The van der Waals surface area contributed by atoms with Crippen molar-refractivity contribution in [3.05, 3.63) is 33.2 Å². The first-order chi connectivity index (χ1) is 15.7. The molecule has 10 nitrogen and oxygen atoms in total. The lowest BCUT2D eigenvalue weighted by atomic mass is 10.0. The standard InChI is InChI=1S/C21H27Cl2N7O3/c1-12-16(22)17(23)18(24-12)19(31)25-13-3-5-29(6-4-13)15-11-14(20(32)33)26-21(27-15)30-9-7-28(2)8-10-30/h11,13,24H,3-10H2,1-2H3,(H,25,31)(H,32,33). The van der Waals surface area contributed by atoms with Crippen molar-refractivity contribution in [2.45, 2.75) is 25.8 Å².